The lowest BCUT2D eigenvalue weighted by atomic mass is 10.1. The molecule has 0 aliphatic heterocycles. The number of ether oxygens (including phenoxy) is 1. The molecule has 4 nitrogen and oxygen atoms in total. The number of pyridine rings is 1. The van der Waals surface area contributed by atoms with Gasteiger partial charge in [-0.05, 0) is 18.6 Å². The van der Waals surface area contributed by atoms with Crippen molar-refractivity contribution in [2.24, 2.45) is 5.73 Å². The van der Waals surface area contributed by atoms with E-state index >= 15 is 0 Å². The zero-order valence-electron chi connectivity index (χ0n) is 8.91. The van der Waals surface area contributed by atoms with Gasteiger partial charge in [0.1, 0.15) is 10.8 Å². The number of nitrogens with two attached hydrogens (primary N) is 1. The normalized spacial score (nSPS) is 10.0. The largest absolute Gasteiger partial charge is 0.389 e. The molecule has 0 amide bonds. The minimum atomic E-state index is 0.362. The number of hydrogen-bond acceptors (Lipinski definition) is 4. The summed E-state index contributed by atoms with van der Waals surface area (Å²) >= 11 is 4.98. The Morgan fingerprint density at radius 3 is 3.00 bits per heavy atom. The highest BCUT2D eigenvalue weighted by molar-refractivity contribution is 7.80. The van der Waals surface area contributed by atoms with Gasteiger partial charge in [0.25, 0.3) is 0 Å². The van der Waals surface area contributed by atoms with E-state index in [4.69, 9.17) is 22.7 Å². The van der Waals surface area contributed by atoms with E-state index in [0.29, 0.717) is 18.1 Å². The van der Waals surface area contributed by atoms with Crippen LogP contribution in [0.4, 0.5) is 5.82 Å². The van der Waals surface area contributed by atoms with E-state index < -0.39 is 0 Å². The van der Waals surface area contributed by atoms with Crippen molar-refractivity contribution in [1.29, 1.82) is 0 Å². The molecule has 0 radical (unpaired) electrons. The number of rotatable bonds is 5. The fourth-order valence-electron chi connectivity index (χ4n) is 1.27. The van der Waals surface area contributed by atoms with E-state index in [9.17, 15) is 0 Å². The first-order valence-electron chi connectivity index (χ1n) is 4.65. The standard InChI is InChI=1S/C10H15N3OS/c1-7-3-4-12-10(8(7)9(11)15)13-5-6-14-2/h3-4H,5-6H2,1-2H3,(H2,11,15)(H,12,13). The Hall–Kier alpha value is -1.20. The van der Waals surface area contributed by atoms with E-state index in [1.807, 2.05) is 13.0 Å². The maximum absolute atomic E-state index is 5.64. The Morgan fingerprint density at radius 2 is 2.40 bits per heavy atom. The van der Waals surface area contributed by atoms with Crippen LogP contribution in [-0.2, 0) is 4.74 Å². The Morgan fingerprint density at radius 1 is 1.67 bits per heavy atom. The first-order chi connectivity index (χ1) is 7.16. The maximum Gasteiger partial charge on any atom is 0.136 e. The summed E-state index contributed by atoms with van der Waals surface area (Å²) in [6.07, 6.45) is 1.73. The number of nitrogens with one attached hydrogen (secondary N) is 1. The highest BCUT2D eigenvalue weighted by atomic mass is 32.1. The molecule has 0 saturated heterocycles. The van der Waals surface area contributed by atoms with Crippen LogP contribution in [0.1, 0.15) is 11.1 Å². The number of nitrogens with zero attached hydrogens (tertiary/aromatic N) is 1. The number of hydrogen-bond donors (Lipinski definition) is 2. The molecule has 0 bridgehead atoms. The summed E-state index contributed by atoms with van der Waals surface area (Å²) in [7, 11) is 1.65. The van der Waals surface area contributed by atoms with E-state index in [2.05, 4.69) is 10.3 Å². The molecule has 0 atom stereocenters. The van der Waals surface area contributed by atoms with E-state index in [-0.39, 0.29) is 0 Å². The van der Waals surface area contributed by atoms with Gasteiger partial charge in [0.2, 0.25) is 0 Å². The van der Waals surface area contributed by atoms with Crippen LogP contribution in [0.3, 0.4) is 0 Å². The summed E-state index contributed by atoms with van der Waals surface area (Å²) in [6, 6.07) is 1.88. The summed E-state index contributed by atoms with van der Waals surface area (Å²) in [5, 5.41) is 3.13. The van der Waals surface area contributed by atoms with Gasteiger partial charge in [-0.25, -0.2) is 4.98 Å². The lowest BCUT2D eigenvalue weighted by molar-refractivity contribution is 0.210. The van der Waals surface area contributed by atoms with Gasteiger partial charge < -0.3 is 15.8 Å². The van der Waals surface area contributed by atoms with Crippen LogP contribution in [0.2, 0.25) is 0 Å². The molecule has 3 N–H and O–H groups in total. The molecular weight excluding hydrogens is 210 g/mol. The summed E-state index contributed by atoms with van der Waals surface area (Å²) in [6.45, 7) is 3.26. The topological polar surface area (TPSA) is 60.2 Å². The molecule has 15 heavy (non-hydrogen) atoms. The number of aryl methyl sites for hydroxylation is 1. The van der Waals surface area contributed by atoms with Gasteiger partial charge in [0.05, 0.1) is 12.2 Å². The van der Waals surface area contributed by atoms with Crippen molar-refractivity contribution in [2.45, 2.75) is 6.92 Å². The summed E-state index contributed by atoms with van der Waals surface area (Å²) in [5.74, 6) is 0.722. The second-order valence-electron chi connectivity index (χ2n) is 3.14. The molecule has 0 saturated carbocycles. The summed E-state index contributed by atoms with van der Waals surface area (Å²) < 4.78 is 4.94. The van der Waals surface area contributed by atoms with Gasteiger partial charge in [-0.15, -0.1) is 0 Å². The van der Waals surface area contributed by atoms with E-state index in [1.165, 1.54) is 0 Å². The minimum absolute atomic E-state index is 0.362. The van der Waals surface area contributed by atoms with Crippen molar-refractivity contribution in [1.82, 2.24) is 4.98 Å². The maximum atomic E-state index is 5.64. The lowest BCUT2D eigenvalue weighted by Crippen LogP contribution is -2.17. The third-order valence-corrected chi connectivity index (χ3v) is 2.21. The molecule has 0 aliphatic rings. The van der Waals surface area contributed by atoms with Crippen LogP contribution in [0.5, 0.6) is 0 Å². The van der Waals surface area contributed by atoms with Crippen molar-refractivity contribution >= 4 is 23.0 Å². The van der Waals surface area contributed by atoms with Crippen LogP contribution in [0.15, 0.2) is 12.3 Å². The Balaban J connectivity index is 2.86. The smallest absolute Gasteiger partial charge is 0.136 e. The summed E-state index contributed by atoms with van der Waals surface area (Å²) in [4.78, 5) is 4.56. The fraction of sp³-hybridized carbons (Fsp3) is 0.400. The Bertz CT molecular complexity index is 355. The van der Waals surface area contributed by atoms with Gasteiger partial charge in [0.15, 0.2) is 0 Å². The molecular formula is C10H15N3OS. The van der Waals surface area contributed by atoms with Crippen LogP contribution in [0, 0.1) is 6.92 Å². The third kappa shape index (κ3) is 3.14. The first kappa shape index (κ1) is 11.9. The SMILES string of the molecule is COCCNc1nccc(C)c1C(N)=S. The monoisotopic (exact) mass is 225 g/mol. The molecule has 1 aromatic heterocycles. The minimum Gasteiger partial charge on any atom is -0.389 e. The highest BCUT2D eigenvalue weighted by Crippen LogP contribution is 2.15. The van der Waals surface area contributed by atoms with Crippen LogP contribution < -0.4 is 11.1 Å². The predicted molar refractivity (Wildman–Crippen MR) is 65.2 cm³/mol. The molecule has 0 aliphatic carbocycles. The van der Waals surface area contributed by atoms with Gasteiger partial charge in [-0.3, -0.25) is 0 Å². The number of anilines is 1. The molecule has 1 aromatic rings. The van der Waals surface area contributed by atoms with Crippen molar-refractivity contribution in [3.05, 3.63) is 23.4 Å². The lowest BCUT2D eigenvalue weighted by Gasteiger charge is -2.11. The molecule has 0 aromatic carbocycles. The molecule has 0 unspecified atom stereocenters. The van der Waals surface area contributed by atoms with Crippen molar-refractivity contribution in [3.8, 4) is 0 Å². The Kier molecular flexibility index (Phi) is 4.45. The number of thiocarbonyl (C=S) groups is 1. The van der Waals surface area contributed by atoms with E-state index in [1.54, 1.807) is 13.3 Å². The van der Waals surface area contributed by atoms with Gasteiger partial charge in [0, 0.05) is 19.9 Å². The van der Waals surface area contributed by atoms with Crippen molar-refractivity contribution in [2.75, 3.05) is 25.6 Å². The zero-order valence-corrected chi connectivity index (χ0v) is 9.73. The number of aromatic nitrogens is 1. The van der Waals surface area contributed by atoms with Crippen molar-refractivity contribution in [3.63, 3.8) is 0 Å². The highest BCUT2D eigenvalue weighted by Gasteiger charge is 2.08. The third-order valence-electron chi connectivity index (χ3n) is 2.00. The van der Waals surface area contributed by atoms with Crippen molar-refractivity contribution < 1.29 is 4.74 Å². The molecule has 1 heterocycles. The van der Waals surface area contributed by atoms with Crippen LogP contribution in [0.25, 0.3) is 0 Å². The molecule has 0 fully saturated rings. The van der Waals surface area contributed by atoms with Crippen LogP contribution >= 0.6 is 12.2 Å². The average molecular weight is 225 g/mol. The van der Waals surface area contributed by atoms with E-state index in [0.717, 1.165) is 16.9 Å². The second-order valence-corrected chi connectivity index (χ2v) is 3.58. The van der Waals surface area contributed by atoms with Crippen LogP contribution in [-0.4, -0.2) is 30.2 Å². The predicted octanol–water partition coefficient (Wildman–Crippen LogP) is 1.08. The zero-order chi connectivity index (χ0) is 11.3. The molecule has 5 heteroatoms. The quantitative estimate of drug-likeness (QED) is 0.580. The molecule has 1 rings (SSSR count). The first-order valence-corrected chi connectivity index (χ1v) is 5.06. The molecule has 0 spiro atoms. The number of methoxy groups -OCH3 is 1. The second kappa shape index (κ2) is 5.63. The summed E-state index contributed by atoms with van der Waals surface area (Å²) in [5.41, 5.74) is 7.47. The van der Waals surface area contributed by atoms with Gasteiger partial charge >= 0.3 is 0 Å². The average Bonchev–Trinajstić information content (AvgIpc) is 2.17. The van der Waals surface area contributed by atoms with Gasteiger partial charge in [-0.2, -0.15) is 0 Å². The fourth-order valence-corrected chi connectivity index (χ4v) is 1.53. The Labute approximate surface area is 94.8 Å². The van der Waals surface area contributed by atoms with Gasteiger partial charge in [-0.1, -0.05) is 12.2 Å². The molecule has 82 valence electrons.